The molecule has 1 unspecified atom stereocenters. The number of hydrogen-bond acceptors (Lipinski definition) is 3. The molecule has 4 heteroatoms. The zero-order valence-electron chi connectivity index (χ0n) is 12.1. The van der Waals surface area contributed by atoms with Gasteiger partial charge < -0.3 is 5.32 Å². The van der Waals surface area contributed by atoms with Crippen LogP contribution >= 0.6 is 0 Å². The lowest BCUT2D eigenvalue weighted by molar-refractivity contribution is 0.559. The van der Waals surface area contributed by atoms with Crippen LogP contribution in [0.4, 0.5) is 0 Å². The van der Waals surface area contributed by atoms with E-state index in [2.05, 4.69) is 24.4 Å². The second-order valence-corrected chi connectivity index (χ2v) is 7.80. The molecular weight excluding hydrogens is 258 g/mol. The second kappa shape index (κ2) is 7.65. The molecule has 0 aliphatic heterocycles. The first-order valence-corrected chi connectivity index (χ1v) is 8.66. The van der Waals surface area contributed by atoms with E-state index < -0.39 is 9.84 Å². The summed E-state index contributed by atoms with van der Waals surface area (Å²) in [5, 5.41) is 3.03. The Morgan fingerprint density at radius 3 is 2.32 bits per heavy atom. The third-order valence-electron chi connectivity index (χ3n) is 3.38. The molecule has 0 saturated heterocycles. The molecule has 0 amide bonds. The summed E-state index contributed by atoms with van der Waals surface area (Å²) in [4.78, 5) is 0. The van der Waals surface area contributed by atoms with Crippen molar-refractivity contribution in [2.75, 3.05) is 18.8 Å². The molecule has 0 aliphatic rings. The zero-order valence-corrected chi connectivity index (χ0v) is 12.9. The van der Waals surface area contributed by atoms with Crippen LogP contribution in [0, 0.1) is 0 Å². The van der Waals surface area contributed by atoms with E-state index in [0.29, 0.717) is 6.42 Å². The first-order valence-electron chi connectivity index (χ1n) is 6.94. The van der Waals surface area contributed by atoms with Gasteiger partial charge in [0.1, 0.15) is 0 Å². The molecule has 0 radical (unpaired) electrons. The van der Waals surface area contributed by atoms with Gasteiger partial charge in [-0.3, -0.25) is 0 Å². The molecule has 0 saturated carbocycles. The summed E-state index contributed by atoms with van der Waals surface area (Å²) in [6, 6.07) is 10.1. The van der Waals surface area contributed by atoms with Crippen LogP contribution in [-0.2, 0) is 9.84 Å². The van der Waals surface area contributed by atoms with Gasteiger partial charge in [0.2, 0.25) is 0 Å². The number of hydrogen-bond donors (Lipinski definition) is 1. The highest BCUT2D eigenvalue weighted by Crippen LogP contribution is 2.20. The van der Waals surface area contributed by atoms with Crippen molar-refractivity contribution in [2.24, 2.45) is 0 Å². The molecular formula is C15H25NO2S. The molecule has 0 fully saturated rings. The SMILES string of the molecule is CCNCC(CCS(=O)(=O)C(C)C)c1ccccc1. The van der Waals surface area contributed by atoms with Crippen molar-refractivity contribution in [3.8, 4) is 0 Å². The van der Waals surface area contributed by atoms with E-state index in [4.69, 9.17) is 0 Å². The Morgan fingerprint density at radius 1 is 1.16 bits per heavy atom. The summed E-state index contributed by atoms with van der Waals surface area (Å²) in [6.07, 6.45) is 0.678. The fraction of sp³-hybridized carbons (Fsp3) is 0.600. The molecule has 0 spiro atoms. The van der Waals surface area contributed by atoms with Crippen molar-refractivity contribution < 1.29 is 8.42 Å². The van der Waals surface area contributed by atoms with Crippen molar-refractivity contribution in [2.45, 2.75) is 38.4 Å². The molecule has 108 valence electrons. The largest absolute Gasteiger partial charge is 0.316 e. The normalized spacial score (nSPS) is 13.7. The fourth-order valence-electron chi connectivity index (χ4n) is 1.97. The third-order valence-corrected chi connectivity index (χ3v) is 5.62. The van der Waals surface area contributed by atoms with Crippen LogP contribution in [0.3, 0.4) is 0 Å². The van der Waals surface area contributed by atoms with Gasteiger partial charge >= 0.3 is 0 Å². The molecule has 1 rings (SSSR count). The lowest BCUT2D eigenvalue weighted by atomic mass is 9.96. The monoisotopic (exact) mass is 283 g/mol. The van der Waals surface area contributed by atoms with Gasteiger partial charge in [-0.25, -0.2) is 8.42 Å². The van der Waals surface area contributed by atoms with Gasteiger partial charge in [-0.05, 0) is 38.3 Å². The Morgan fingerprint density at radius 2 is 1.79 bits per heavy atom. The quantitative estimate of drug-likeness (QED) is 0.797. The van der Waals surface area contributed by atoms with E-state index in [0.717, 1.165) is 13.1 Å². The van der Waals surface area contributed by atoms with Gasteiger partial charge in [-0.1, -0.05) is 37.3 Å². The molecule has 1 aromatic carbocycles. The molecule has 0 aliphatic carbocycles. The van der Waals surface area contributed by atoms with Crippen LogP contribution in [0.2, 0.25) is 0 Å². The van der Waals surface area contributed by atoms with Crippen molar-refractivity contribution in [3.63, 3.8) is 0 Å². The Hall–Kier alpha value is -0.870. The maximum Gasteiger partial charge on any atom is 0.152 e. The van der Waals surface area contributed by atoms with Crippen molar-refractivity contribution in [1.29, 1.82) is 0 Å². The summed E-state index contributed by atoms with van der Waals surface area (Å²) in [6.45, 7) is 7.29. The minimum Gasteiger partial charge on any atom is -0.316 e. The first kappa shape index (κ1) is 16.2. The van der Waals surface area contributed by atoms with Gasteiger partial charge in [0, 0.05) is 6.54 Å². The minimum atomic E-state index is -2.95. The van der Waals surface area contributed by atoms with Crippen LogP contribution in [0.1, 0.15) is 38.7 Å². The molecule has 0 aromatic heterocycles. The molecule has 19 heavy (non-hydrogen) atoms. The van der Waals surface area contributed by atoms with Gasteiger partial charge in [-0.15, -0.1) is 0 Å². The molecule has 1 aromatic rings. The van der Waals surface area contributed by atoms with E-state index in [-0.39, 0.29) is 16.9 Å². The molecule has 3 nitrogen and oxygen atoms in total. The molecule has 0 heterocycles. The predicted octanol–water partition coefficient (Wildman–Crippen LogP) is 2.59. The summed E-state index contributed by atoms with van der Waals surface area (Å²) in [5.41, 5.74) is 1.21. The highest BCUT2D eigenvalue weighted by molar-refractivity contribution is 7.91. The fourth-order valence-corrected chi connectivity index (χ4v) is 3.06. The summed E-state index contributed by atoms with van der Waals surface area (Å²) in [5.74, 6) is 0.519. The Labute approximate surface area is 117 Å². The average molecular weight is 283 g/mol. The highest BCUT2D eigenvalue weighted by Gasteiger charge is 2.19. The highest BCUT2D eigenvalue weighted by atomic mass is 32.2. The minimum absolute atomic E-state index is 0.259. The molecule has 1 N–H and O–H groups in total. The lowest BCUT2D eigenvalue weighted by Gasteiger charge is -2.18. The number of likely N-dealkylation sites (N-methyl/N-ethyl adjacent to an activating group) is 1. The number of sulfone groups is 1. The van der Waals surface area contributed by atoms with Crippen LogP contribution in [-0.4, -0.2) is 32.5 Å². The van der Waals surface area contributed by atoms with Crippen LogP contribution in [0.15, 0.2) is 30.3 Å². The van der Waals surface area contributed by atoms with Crippen molar-refractivity contribution >= 4 is 9.84 Å². The Balaban J connectivity index is 2.71. The Bertz CT molecular complexity index is 454. The number of rotatable bonds is 8. The van der Waals surface area contributed by atoms with E-state index >= 15 is 0 Å². The van der Waals surface area contributed by atoms with E-state index in [1.165, 1.54) is 5.56 Å². The van der Waals surface area contributed by atoms with E-state index in [1.807, 2.05) is 18.2 Å². The third kappa shape index (κ3) is 5.33. The Kier molecular flexibility index (Phi) is 6.52. The van der Waals surface area contributed by atoms with Crippen LogP contribution in [0.25, 0.3) is 0 Å². The van der Waals surface area contributed by atoms with E-state index in [9.17, 15) is 8.42 Å². The number of benzene rings is 1. The summed E-state index contributed by atoms with van der Waals surface area (Å²) < 4.78 is 23.8. The van der Waals surface area contributed by atoms with Crippen molar-refractivity contribution in [1.82, 2.24) is 5.32 Å². The van der Waals surface area contributed by atoms with Crippen LogP contribution in [0.5, 0.6) is 0 Å². The maximum absolute atomic E-state index is 11.9. The lowest BCUT2D eigenvalue weighted by Crippen LogP contribution is -2.25. The van der Waals surface area contributed by atoms with E-state index in [1.54, 1.807) is 13.8 Å². The number of nitrogens with one attached hydrogen (secondary N) is 1. The smallest absolute Gasteiger partial charge is 0.152 e. The van der Waals surface area contributed by atoms with Gasteiger partial charge in [0.15, 0.2) is 9.84 Å². The maximum atomic E-state index is 11.9. The van der Waals surface area contributed by atoms with Crippen molar-refractivity contribution in [3.05, 3.63) is 35.9 Å². The summed E-state index contributed by atoms with van der Waals surface area (Å²) in [7, 11) is -2.95. The zero-order chi connectivity index (χ0) is 14.3. The summed E-state index contributed by atoms with van der Waals surface area (Å²) >= 11 is 0. The topological polar surface area (TPSA) is 46.2 Å². The standard InChI is InChI=1S/C15H25NO2S/c1-4-16-12-15(14-8-6-5-7-9-14)10-11-19(17,18)13(2)3/h5-9,13,15-16H,4,10-12H2,1-3H3. The van der Waals surface area contributed by atoms with Crippen LogP contribution < -0.4 is 5.32 Å². The predicted molar refractivity (Wildman–Crippen MR) is 81.3 cm³/mol. The molecule has 0 bridgehead atoms. The van der Waals surface area contributed by atoms with Gasteiger partial charge in [0.25, 0.3) is 0 Å². The molecule has 1 atom stereocenters. The second-order valence-electron chi connectivity index (χ2n) is 5.12. The van der Waals surface area contributed by atoms with Gasteiger partial charge in [0.05, 0.1) is 11.0 Å². The average Bonchev–Trinajstić information content (AvgIpc) is 2.39. The van der Waals surface area contributed by atoms with Gasteiger partial charge in [-0.2, -0.15) is 0 Å². The first-order chi connectivity index (χ1) is 8.97.